The first-order chi connectivity index (χ1) is 6.65. The van der Waals surface area contributed by atoms with Crippen molar-refractivity contribution in [1.82, 2.24) is 5.32 Å². The quantitative estimate of drug-likeness (QED) is 0.626. The highest BCUT2D eigenvalue weighted by molar-refractivity contribution is 4.72. The molecule has 0 aromatic carbocycles. The Morgan fingerprint density at radius 2 is 1.64 bits per heavy atom. The fraction of sp³-hybridized carbons (Fsp3) is 1.00. The van der Waals surface area contributed by atoms with Gasteiger partial charge in [-0.05, 0) is 38.1 Å². The molecular formula is C13H29N. The van der Waals surface area contributed by atoms with Crippen molar-refractivity contribution in [3.63, 3.8) is 0 Å². The summed E-state index contributed by atoms with van der Waals surface area (Å²) in [4.78, 5) is 0. The van der Waals surface area contributed by atoms with E-state index in [4.69, 9.17) is 0 Å². The van der Waals surface area contributed by atoms with Crippen LogP contribution in [0.1, 0.15) is 60.3 Å². The molecule has 0 aliphatic carbocycles. The van der Waals surface area contributed by atoms with E-state index in [1.165, 1.54) is 25.7 Å². The Kier molecular flexibility index (Phi) is 8.26. The standard InChI is InChI=1S/C13H29N/c1-6-9-14-12(5)13(8-3)10-11(4)7-2/h11-14H,6-10H2,1-5H3. The zero-order valence-corrected chi connectivity index (χ0v) is 10.8. The lowest BCUT2D eigenvalue weighted by Crippen LogP contribution is -2.34. The lowest BCUT2D eigenvalue weighted by atomic mass is 9.87. The van der Waals surface area contributed by atoms with Gasteiger partial charge in [0.15, 0.2) is 0 Å². The molecule has 3 atom stereocenters. The van der Waals surface area contributed by atoms with Gasteiger partial charge in [-0.3, -0.25) is 0 Å². The Labute approximate surface area is 90.7 Å². The van der Waals surface area contributed by atoms with E-state index in [0.717, 1.165) is 18.4 Å². The van der Waals surface area contributed by atoms with Crippen molar-refractivity contribution in [2.45, 2.75) is 66.3 Å². The van der Waals surface area contributed by atoms with Crippen molar-refractivity contribution >= 4 is 0 Å². The molecule has 0 spiro atoms. The van der Waals surface area contributed by atoms with Gasteiger partial charge in [0.2, 0.25) is 0 Å². The first-order valence-electron chi connectivity index (χ1n) is 6.38. The van der Waals surface area contributed by atoms with E-state index in [1.54, 1.807) is 0 Å². The summed E-state index contributed by atoms with van der Waals surface area (Å²) in [7, 11) is 0. The average Bonchev–Trinajstić information content (AvgIpc) is 2.21. The summed E-state index contributed by atoms with van der Waals surface area (Å²) in [5, 5.41) is 3.61. The van der Waals surface area contributed by atoms with Crippen LogP contribution >= 0.6 is 0 Å². The highest BCUT2D eigenvalue weighted by Crippen LogP contribution is 2.21. The van der Waals surface area contributed by atoms with Crippen molar-refractivity contribution < 1.29 is 0 Å². The third kappa shape index (κ3) is 5.64. The summed E-state index contributed by atoms with van der Waals surface area (Å²) in [5.74, 6) is 1.74. The molecule has 0 aliphatic rings. The molecule has 0 aromatic rings. The van der Waals surface area contributed by atoms with Crippen LogP contribution in [0.3, 0.4) is 0 Å². The SMILES string of the molecule is CCCNC(C)C(CC)CC(C)CC. The molecule has 0 saturated heterocycles. The summed E-state index contributed by atoms with van der Waals surface area (Å²) < 4.78 is 0. The van der Waals surface area contributed by atoms with Crippen LogP contribution in [0.15, 0.2) is 0 Å². The molecule has 0 rings (SSSR count). The molecule has 0 aromatic heterocycles. The fourth-order valence-corrected chi connectivity index (χ4v) is 1.95. The minimum Gasteiger partial charge on any atom is -0.314 e. The van der Waals surface area contributed by atoms with Gasteiger partial charge in [0.05, 0.1) is 0 Å². The van der Waals surface area contributed by atoms with Crippen molar-refractivity contribution in [2.24, 2.45) is 11.8 Å². The molecule has 14 heavy (non-hydrogen) atoms. The van der Waals surface area contributed by atoms with Gasteiger partial charge in [-0.15, -0.1) is 0 Å². The molecule has 1 heteroatoms. The Hall–Kier alpha value is -0.0400. The van der Waals surface area contributed by atoms with E-state index in [0.29, 0.717) is 6.04 Å². The van der Waals surface area contributed by atoms with Gasteiger partial charge in [0.1, 0.15) is 0 Å². The Morgan fingerprint density at radius 3 is 2.07 bits per heavy atom. The van der Waals surface area contributed by atoms with Gasteiger partial charge in [-0.2, -0.15) is 0 Å². The van der Waals surface area contributed by atoms with E-state index < -0.39 is 0 Å². The highest BCUT2D eigenvalue weighted by Gasteiger charge is 2.16. The molecule has 0 aliphatic heterocycles. The lowest BCUT2D eigenvalue weighted by Gasteiger charge is -2.26. The van der Waals surface area contributed by atoms with Crippen LogP contribution in [0.4, 0.5) is 0 Å². The fourth-order valence-electron chi connectivity index (χ4n) is 1.95. The molecule has 0 amide bonds. The number of hydrogen-bond donors (Lipinski definition) is 1. The molecule has 86 valence electrons. The third-order valence-electron chi connectivity index (χ3n) is 3.35. The first-order valence-corrected chi connectivity index (χ1v) is 6.38. The summed E-state index contributed by atoms with van der Waals surface area (Å²) >= 11 is 0. The zero-order chi connectivity index (χ0) is 11.0. The highest BCUT2D eigenvalue weighted by atomic mass is 14.9. The molecule has 3 unspecified atom stereocenters. The molecule has 0 saturated carbocycles. The van der Waals surface area contributed by atoms with E-state index in [-0.39, 0.29) is 0 Å². The number of rotatable bonds is 8. The summed E-state index contributed by atoms with van der Waals surface area (Å²) in [6.07, 6.45) is 5.24. The average molecular weight is 199 g/mol. The van der Waals surface area contributed by atoms with Crippen LogP contribution < -0.4 is 5.32 Å². The maximum absolute atomic E-state index is 3.61. The maximum atomic E-state index is 3.61. The van der Waals surface area contributed by atoms with Gasteiger partial charge >= 0.3 is 0 Å². The second-order valence-electron chi connectivity index (χ2n) is 4.66. The summed E-state index contributed by atoms with van der Waals surface area (Å²) in [5.41, 5.74) is 0. The second kappa shape index (κ2) is 8.28. The van der Waals surface area contributed by atoms with E-state index >= 15 is 0 Å². The molecule has 0 radical (unpaired) electrons. The van der Waals surface area contributed by atoms with Crippen LogP contribution in [0.5, 0.6) is 0 Å². The van der Waals surface area contributed by atoms with Crippen molar-refractivity contribution in [3.05, 3.63) is 0 Å². The topological polar surface area (TPSA) is 12.0 Å². The Morgan fingerprint density at radius 1 is 1.00 bits per heavy atom. The largest absolute Gasteiger partial charge is 0.314 e. The van der Waals surface area contributed by atoms with Gasteiger partial charge in [0, 0.05) is 6.04 Å². The molecular weight excluding hydrogens is 170 g/mol. The third-order valence-corrected chi connectivity index (χ3v) is 3.35. The van der Waals surface area contributed by atoms with Crippen LogP contribution in [0, 0.1) is 11.8 Å². The number of nitrogens with one attached hydrogen (secondary N) is 1. The second-order valence-corrected chi connectivity index (χ2v) is 4.66. The summed E-state index contributed by atoms with van der Waals surface area (Å²) in [6.45, 7) is 12.7. The number of hydrogen-bond acceptors (Lipinski definition) is 1. The van der Waals surface area contributed by atoms with Crippen LogP contribution in [0.2, 0.25) is 0 Å². The first kappa shape index (κ1) is 14.0. The molecule has 0 fully saturated rings. The van der Waals surface area contributed by atoms with Gasteiger partial charge in [-0.1, -0.05) is 40.5 Å². The monoisotopic (exact) mass is 199 g/mol. The molecule has 1 nitrogen and oxygen atoms in total. The van der Waals surface area contributed by atoms with Gasteiger partial charge < -0.3 is 5.32 Å². The smallest absolute Gasteiger partial charge is 0.00669 e. The Bertz CT molecular complexity index is 122. The van der Waals surface area contributed by atoms with Crippen LogP contribution in [-0.4, -0.2) is 12.6 Å². The zero-order valence-electron chi connectivity index (χ0n) is 10.8. The molecule has 1 N–H and O–H groups in total. The minimum absolute atomic E-state index is 0.689. The Balaban J connectivity index is 3.85. The van der Waals surface area contributed by atoms with Gasteiger partial charge in [0.25, 0.3) is 0 Å². The molecule has 0 heterocycles. The molecule has 0 bridgehead atoms. The van der Waals surface area contributed by atoms with Crippen molar-refractivity contribution in [1.29, 1.82) is 0 Å². The van der Waals surface area contributed by atoms with E-state index in [9.17, 15) is 0 Å². The maximum Gasteiger partial charge on any atom is 0.00669 e. The van der Waals surface area contributed by atoms with Crippen molar-refractivity contribution in [2.75, 3.05) is 6.54 Å². The van der Waals surface area contributed by atoms with Gasteiger partial charge in [-0.25, -0.2) is 0 Å². The van der Waals surface area contributed by atoms with E-state index in [1.807, 2.05) is 0 Å². The van der Waals surface area contributed by atoms with Crippen LogP contribution in [0.25, 0.3) is 0 Å². The van der Waals surface area contributed by atoms with Crippen LogP contribution in [-0.2, 0) is 0 Å². The predicted octanol–water partition coefficient (Wildman–Crippen LogP) is 3.84. The van der Waals surface area contributed by atoms with E-state index in [2.05, 4.69) is 39.9 Å². The summed E-state index contributed by atoms with van der Waals surface area (Å²) in [6, 6.07) is 0.689. The normalized spacial score (nSPS) is 17.8. The van der Waals surface area contributed by atoms with Crippen molar-refractivity contribution in [3.8, 4) is 0 Å². The lowest BCUT2D eigenvalue weighted by molar-refractivity contribution is 0.296. The predicted molar refractivity (Wildman–Crippen MR) is 65.6 cm³/mol. The minimum atomic E-state index is 0.689.